The maximum Gasteiger partial charge on any atom is 0.243 e. The van der Waals surface area contributed by atoms with Gasteiger partial charge in [0.05, 0.1) is 17.0 Å². The number of hydrogen-bond acceptors (Lipinski definition) is 4. The van der Waals surface area contributed by atoms with E-state index in [1.807, 2.05) is 45.9 Å². The summed E-state index contributed by atoms with van der Waals surface area (Å²) in [7, 11) is -3.50. The van der Waals surface area contributed by atoms with Crippen molar-refractivity contribution in [1.29, 1.82) is 0 Å². The molecule has 0 amide bonds. The molecule has 2 N–H and O–H groups in total. The van der Waals surface area contributed by atoms with E-state index in [0.29, 0.717) is 30.5 Å². The molecule has 0 spiro atoms. The average molecular weight is 548 g/mol. The quantitative estimate of drug-likeness (QED) is 0.240. The summed E-state index contributed by atoms with van der Waals surface area (Å²) in [6.07, 6.45) is 2.68. The number of rotatable bonds is 9. The SMILES string of the molecule is Cc1c(C)c(C)c(S(=O)(=O)N2CCC(CNCCCOc3cccc4[nH]c5ccccc5c34)CC2)c(C)c1C. The van der Waals surface area contributed by atoms with Gasteiger partial charge in [0.1, 0.15) is 5.75 Å². The number of nitrogens with zero attached hydrogens (tertiary/aromatic N) is 1. The van der Waals surface area contributed by atoms with Crippen molar-refractivity contribution in [2.45, 2.75) is 58.8 Å². The number of nitrogens with one attached hydrogen (secondary N) is 2. The van der Waals surface area contributed by atoms with Crippen LogP contribution in [0.5, 0.6) is 5.75 Å². The fraction of sp³-hybridized carbons (Fsp3) is 0.438. The summed E-state index contributed by atoms with van der Waals surface area (Å²) in [4.78, 5) is 3.98. The molecular weight excluding hydrogens is 506 g/mol. The molecule has 0 radical (unpaired) electrons. The Labute approximate surface area is 232 Å². The van der Waals surface area contributed by atoms with Gasteiger partial charge >= 0.3 is 0 Å². The molecule has 1 aliphatic rings. The zero-order chi connectivity index (χ0) is 27.7. The van der Waals surface area contributed by atoms with Gasteiger partial charge in [-0.1, -0.05) is 24.3 Å². The standard InChI is InChI=1S/C32H41N3O3S/c1-21-22(2)24(4)32(25(5)23(21)3)39(36,37)35-17-14-26(15-18-35)20-33-16-9-19-38-30-13-8-12-29-31(30)27-10-6-7-11-28(27)34-29/h6-8,10-13,26,33-34H,9,14-20H2,1-5H3. The molecule has 1 saturated heterocycles. The van der Waals surface area contributed by atoms with Crippen LogP contribution < -0.4 is 10.1 Å². The fourth-order valence-electron chi connectivity index (χ4n) is 6.01. The number of aromatic nitrogens is 1. The van der Waals surface area contributed by atoms with Gasteiger partial charge in [0.25, 0.3) is 0 Å². The third-order valence-corrected chi connectivity index (χ3v) is 11.0. The largest absolute Gasteiger partial charge is 0.493 e. The van der Waals surface area contributed by atoms with Gasteiger partial charge in [-0.05, 0) is 119 Å². The molecule has 1 aliphatic heterocycles. The molecule has 0 aliphatic carbocycles. The molecule has 3 aromatic carbocycles. The predicted octanol–water partition coefficient (Wildman–Crippen LogP) is 6.32. The minimum atomic E-state index is -3.50. The zero-order valence-electron chi connectivity index (χ0n) is 23.9. The van der Waals surface area contributed by atoms with E-state index in [1.54, 1.807) is 4.31 Å². The van der Waals surface area contributed by atoms with Crippen LogP contribution in [0.1, 0.15) is 47.1 Å². The van der Waals surface area contributed by atoms with Crippen LogP contribution in [0.2, 0.25) is 0 Å². The van der Waals surface area contributed by atoms with Crippen molar-refractivity contribution < 1.29 is 13.2 Å². The highest BCUT2D eigenvalue weighted by atomic mass is 32.2. The van der Waals surface area contributed by atoms with Gasteiger partial charge in [-0.2, -0.15) is 4.31 Å². The normalized spacial score (nSPS) is 15.4. The molecule has 0 bridgehead atoms. The monoisotopic (exact) mass is 547 g/mol. The summed E-state index contributed by atoms with van der Waals surface area (Å²) in [5.41, 5.74) is 7.35. The van der Waals surface area contributed by atoms with E-state index in [1.165, 1.54) is 10.9 Å². The molecule has 4 aromatic rings. The first-order valence-electron chi connectivity index (χ1n) is 14.1. The van der Waals surface area contributed by atoms with Crippen molar-refractivity contribution >= 4 is 31.8 Å². The number of piperidine rings is 1. The number of H-pyrrole nitrogens is 1. The van der Waals surface area contributed by atoms with Gasteiger partial charge in [0.2, 0.25) is 10.0 Å². The molecule has 5 rings (SSSR count). The second-order valence-electron chi connectivity index (χ2n) is 11.1. The zero-order valence-corrected chi connectivity index (χ0v) is 24.7. The molecular formula is C32H41N3O3S. The van der Waals surface area contributed by atoms with E-state index in [0.717, 1.165) is 76.8 Å². The summed E-state index contributed by atoms with van der Waals surface area (Å²) in [6, 6.07) is 14.5. The Balaban J connectivity index is 1.09. The third-order valence-electron chi connectivity index (χ3n) is 8.78. The molecule has 39 heavy (non-hydrogen) atoms. The van der Waals surface area contributed by atoms with Gasteiger partial charge in [-0.25, -0.2) is 8.42 Å². The molecule has 0 atom stereocenters. The van der Waals surface area contributed by atoms with Crippen LogP contribution in [0.4, 0.5) is 0 Å². The highest BCUT2D eigenvalue weighted by Crippen LogP contribution is 2.34. The van der Waals surface area contributed by atoms with Crippen molar-refractivity contribution in [3.63, 3.8) is 0 Å². The maximum atomic E-state index is 13.6. The van der Waals surface area contributed by atoms with E-state index >= 15 is 0 Å². The first-order valence-corrected chi connectivity index (χ1v) is 15.5. The first-order chi connectivity index (χ1) is 18.7. The average Bonchev–Trinajstić information content (AvgIpc) is 3.32. The number of para-hydroxylation sites is 1. The molecule has 1 aromatic heterocycles. The van der Waals surface area contributed by atoms with Crippen LogP contribution >= 0.6 is 0 Å². The van der Waals surface area contributed by atoms with E-state index in [9.17, 15) is 8.42 Å². The van der Waals surface area contributed by atoms with Crippen molar-refractivity contribution in [2.75, 3.05) is 32.8 Å². The number of fused-ring (bicyclic) bond motifs is 3. The highest BCUT2D eigenvalue weighted by Gasteiger charge is 2.32. The first kappa shape index (κ1) is 27.7. The topological polar surface area (TPSA) is 74.4 Å². The lowest BCUT2D eigenvalue weighted by Crippen LogP contribution is -2.41. The molecule has 0 saturated carbocycles. The molecule has 2 heterocycles. The summed E-state index contributed by atoms with van der Waals surface area (Å²) >= 11 is 0. The van der Waals surface area contributed by atoms with Gasteiger partial charge in [-0.3, -0.25) is 0 Å². The van der Waals surface area contributed by atoms with Crippen molar-refractivity contribution in [3.05, 3.63) is 70.3 Å². The Kier molecular flexibility index (Phi) is 8.04. The number of hydrogen-bond donors (Lipinski definition) is 2. The number of sulfonamides is 1. The minimum Gasteiger partial charge on any atom is -0.493 e. The molecule has 7 heteroatoms. The second-order valence-corrected chi connectivity index (χ2v) is 12.9. The maximum absolute atomic E-state index is 13.6. The number of aromatic amines is 1. The van der Waals surface area contributed by atoms with Crippen LogP contribution in [0.25, 0.3) is 21.8 Å². The van der Waals surface area contributed by atoms with Gasteiger partial charge < -0.3 is 15.0 Å². The summed E-state index contributed by atoms with van der Waals surface area (Å²) < 4.78 is 35.1. The predicted molar refractivity (Wildman–Crippen MR) is 160 cm³/mol. The Bertz CT molecular complexity index is 1570. The van der Waals surface area contributed by atoms with Gasteiger partial charge in [0.15, 0.2) is 0 Å². The lowest BCUT2D eigenvalue weighted by molar-refractivity contribution is 0.263. The highest BCUT2D eigenvalue weighted by molar-refractivity contribution is 7.89. The van der Waals surface area contributed by atoms with E-state index in [-0.39, 0.29) is 0 Å². The van der Waals surface area contributed by atoms with Gasteiger partial charge in [0, 0.05) is 29.4 Å². The van der Waals surface area contributed by atoms with E-state index < -0.39 is 10.0 Å². The van der Waals surface area contributed by atoms with Crippen molar-refractivity contribution in [2.24, 2.45) is 5.92 Å². The summed E-state index contributed by atoms with van der Waals surface area (Å²) in [5.74, 6) is 1.41. The number of ether oxygens (including phenoxy) is 1. The Morgan fingerprint density at radius 2 is 1.51 bits per heavy atom. The molecule has 1 fully saturated rings. The smallest absolute Gasteiger partial charge is 0.243 e. The van der Waals surface area contributed by atoms with E-state index in [2.05, 4.69) is 41.5 Å². The fourth-order valence-corrected chi connectivity index (χ4v) is 8.04. The van der Waals surface area contributed by atoms with Crippen molar-refractivity contribution in [3.8, 4) is 5.75 Å². The Hall–Kier alpha value is -2.87. The van der Waals surface area contributed by atoms with Crippen LogP contribution in [0.15, 0.2) is 47.4 Å². The lowest BCUT2D eigenvalue weighted by atomic mass is 9.95. The Morgan fingerprint density at radius 1 is 0.872 bits per heavy atom. The van der Waals surface area contributed by atoms with Crippen LogP contribution in [-0.4, -0.2) is 50.5 Å². The lowest BCUT2D eigenvalue weighted by Gasteiger charge is -2.32. The Morgan fingerprint density at radius 3 is 2.23 bits per heavy atom. The third kappa shape index (κ3) is 5.32. The molecule has 6 nitrogen and oxygen atoms in total. The van der Waals surface area contributed by atoms with Crippen LogP contribution in [-0.2, 0) is 10.0 Å². The van der Waals surface area contributed by atoms with Crippen LogP contribution in [0.3, 0.4) is 0 Å². The number of benzene rings is 3. The summed E-state index contributed by atoms with van der Waals surface area (Å²) in [5, 5.41) is 5.90. The second kappa shape index (κ2) is 11.3. The van der Waals surface area contributed by atoms with E-state index in [4.69, 9.17) is 4.74 Å². The molecule has 0 unspecified atom stereocenters. The molecule has 208 valence electrons. The van der Waals surface area contributed by atoms with Crippen LogP contribution in [0, 0.1) is 40.5 Å². The minimum absolute atomic E-state index is 0.487. The van der Waals surface area contributed by atoms with Gasteiger partial charge in [-0.15, -0.1) is 0 Å². The summed E-state index contributed by atoms with van der Waals surface area (Å²) in [6.45, 7) is 13.6. The van der Waals surface area contributed by atoms with Crippen molar-refractivity contribution in [1.82, 2.24) is 14.6 Å².